The third kappa shape index (κ3) is 11.1. The first-order valence-electron chi connectivity index (χ1n) is 37.3. The highest BCUT2D eigenvalue weighted by Gasteiger charge is 2.19. The van der Waals surface area contributed by atoms with Gasteiger partial charge in [0.15, 0.2) is 0 Å². The standard InChI is InChI=1S/C52H30N6.C48H28N6/c1-2-9-39-38(8-1)40(19-20-41(39)46-23-16-33-13-12-32-6-3-25-53-49(32)51(33)58-46)45-24-18-36-28-34(17-21-44(36)56-45)35-14-11-31-15-22-47(57-48(31)30-35)43-29-37-7-4-26-54-50(37)52-42(43)10-5-27-55-52;1-5-35-26-39(37-7-3-23-51-47(37)45(35)49-21-1)29-9-11-30(12-10-29)41-19-17-34-25-32(16-18-42(34)53-41)33-14-13-31-15-20-43(54-44(31)28-33)40-27-36-6-2-22-50-46(36)48-38(40)8-4-24-52-48/h1-30H;1-28H. The molecule has 12 aromatic heterocycles. The van der Waals surface area contributed by atoms with E-state index >= 15 is 0 Å². The number of pyridine rings is 12. The van der Waals surface area contributed by atoms with Crippen molar-refractivity contribution in [2.24, 2.45) is 0 Å². The Balaban J connectivity index is 0.000000138. The fourth-order valence-corrected chi connectivity index (χ4v) is 16.2. The Labute approximate surface area is 639 Å². The van der Waals surface area contributed by atoms with E-state index in [4.69, 9.17) is 34.9 Å². The average Bonchev–Trinajstić information content (AvgIpc) is 0.764. The summed E-state index contributed by atoms with van der Waals surface area (Å²) in [4.78, 5) is 58.4. The van der Waals surface area contributed by atoms with Gasteiger partial charge in [0, 0.05) is 136 Å². The van der Waals surface area contributed by atoms with Crippen molar-refractivity contribution in [1.29, 1.82) is 0 Å². The van der Waals surface area contributed by atoms with Gasteiger partial charge in [0.1, 0.15) is 0 Å². The number of hydrogen-bond donors (Lipinski definition) is 0. The quantitative estimate of drug-likeness (QED) is 0.133. The zero-order valence-corrected chi connectivity index (χ0v) is 59.9. The zero-order chi connectivity index (χ0) is 73.7. The van der Waals surface area contributed by atoms with Crippen LogP contribution < -0.4 is 0 Å². The van der Waals surface area contributed by atoms with Gasteiger partial charge in [-0.15, -0.1) is 0 Å². The molecule has 23 aromatic rings. The molecule has 0 N–H and O–H groups in total. The smallest absolute Gasteiger partial charge is 0.0972 e. The van der Waals surface area contributed by atoms with Gasteiger partial charge in [0.05, 0.1) is 94.7 Å². The van der Waals surface area contributed by atoms with Crippen molar-refractivity contribution in [3.05, 3.63) is 353 Å². The van der Waals surface area contributed by atoms with E-state index in [1.165, 1.54) is 0 Å². The highest BCUT2D eigenvalue weighted by Crippen LogP contribution is 2.41. The van der Waals surface area contributed by atoms with Gasteiger partial charge in [-0.25, -0.2) is 24.9 Å². The van der Waals surface area contributed by atoms with Crippen LogP contribution in [-0.2, 0) is 0 Å². The van der Waals surface area contributed by atoms with Crippen molar-refractivity contribution in [1.82, 2.24) is 59.8 Å². The average molecular weight is 1430 g/mol. The number of fused-ring (bicyclic) bond motifs is 17. The first-order valence-corrected chi connectivity index (χ1v) is 37.3. The maximum atomic E-state index is 5.20. The monoisotopic (exact) mass is 1430 g/mol. The third-order valence-corrected chi connectivity index (χ3v) is 21.8. The van der Waals surface area contributed by atoms with E-state index in [-0.39, 0.29) is 0 Å². The summed E-state index contributed by atoms with van der Waals surface area (Å²) in [5.74, 6) is 0. The van der Waals surface area contributed by atoms with Gasteiger partial charge in [-0.2, -0.15) is 0 Å². The van der Waals surface area contributed by atoms with E-state index in [9.17, 15) is 0 Å². The Morgan fingerprint density at radius 2 is 0.455 bits per heavy atom. The summed E-state index contributed by atoms with van der Waals surface area (Å²) in [6.07, 6.45) is 12.8. The van der Waals surface area contributed by atoms with Crippen molar-refractivity contribution < 1.29 is 0 Å². The van der Waals surface area contributed by atoms with Crippen molar-refractivity contribution in [2.45, 2.75) is 0 Å². The number of aromatic nitrogens is 12. The molecule has 0 unspecified atom stereocenters. The molecule has 0 spiro atoms. The van der Waals surface area contributed by atoms with Crippen LogP contribution >= 0.6 is 0 Å². The van der Waals surface area contributed by atoms with Gasteiger partial charge in [-0.05, 0) is 172 Å². The number of rotatable bonds is 8. The van der Waals surface area contributed by atoms with Crippen LogP contribution in [-0.4, -0.2) is 59.8 Å². The minimum atomic E-state index is 0.884. The van der Waals surface area contributed by atoms with E-state index in [1.807, 2.05) is 85.8 Å². The molecule has 112 heavy (non-hydrogen) atoms. The fraction of sp³-hybridized carbons (Fsp3) is 0. The van der Waals surface area contributed by atoms with Crippen LogP contribution in [0.3, 0.4) is 0 Å². The molecule has 0 aliphatic heterocycles. The van der Waals surface area contributed by atoms with Gasteiger partial charge in [0.2, 0.25) is 0 Å². The normalized spacial score (nSPS) is 11.8. The van der Waals surface area contributed by atoms with Crippen LogP contribution in [0, 0.1) is 0 Å². The summed E-state index contributed by atoms with van der Waals surface area (Å²) >= 11 is 0. The first-order chi connectivity index (χ1) is 55.4. The molecule has 0 saturated carbocycles. The molecule has 0 aliphatic carbocycles. The third-order valence-electron chi connectivity index (χ3n) is 21.8. The lowest BCUT2D eigenvalue weighted by Gasteiger charge is -2.13. The van der Waals surface area contributed by atoms with Crippen LogP contribution in [0.15, 0.2) is 353 Å². The van der Waals surface area contributed by atoms with Crippen LogP contribution in [0.1, 0.15) is 0 Å². The van der Waals surface area contributed by atoms with E-state index in [2.05, 4.69) is 292 Å². The van der Waals surface area contributed by atoms with Gasteiger partial charge < -0.3 is 0 Å². The predicted octanol–water partition coefficient (Wildman–Crippen LogP) is 24.4. The molecule has 0 saturated heterocycles. The van der Waals surface area contributed by atoms with Crippen LogP contribution in [0.25, 0.3) is 231 Å². The number of nitrogens with zero attached hydrogens (tertiary/aromatic N) is 12. The van der Waals surface area contributed by atoms with Crippen molar-refractivity contribution in [3.8, 4) is 89.7 Å². The van der Waals surface area contributed by atoms with Crippen LogP contribution in [0.4, 0.5) is 0 Å². The maximum Gasteiger partial charge on any atom is 0.0972 e. The molecule has 11 aromatic carbocycles. The van der Waals surface area contributed by atoms with Crippen molar-refractivity contribution >= 4 is 142 Å². The second-order valence-electron chi connectivity index (χ2n) is 28.3. The lowest BCUT2D eigenvalue weighted by molar-refractivity contribution is 1.36. The Hall–Kier alpha value is -15.4. The van der Waals surface area contributed by atoms with Crippen LogP contribution in [0.5, 0.6) is 0 Å². The Morgan fingerprint density at radius 3 is 0.955 bits per heavy atom. The summed E-state index contributed by atoms with van der Waals surface area (Å²) in [5, 5.41) is 15.1. The molecule has 0 atom stereocenters. The van der Waals surface area contributed by atoms with Gasteiger partial charge in [-0.3, -0.25) is 34.9 Å². The molecular formula is C100H58N12. The largest absolute Gasteiger partial charge is 0.254 e. The molecule has 0 radical (unpaired) electrons. The SMILES string of the molecule is c1cnc2c(c1)cc(-c1ccc(-c3ccc4cc(-c5ccc6ccc(-c7cc8cccnc8c8ncccc78)nc6c5)ccc4n3)cc1)c1cccnc12.c1cnc2c(c1)ccc1ccc(-c3ccc(-c4ccc5cc(-c6ccc7ccc(-c8cc9cccnc9c9ncccc89)nc7c6)ccc5n4)c4ccccc34)nc12. The highest BCUT2D eigenvalue weighted by atomic mass is 14.8. The molecule has 0 bridgehead atoms. The molecule has 23 rings (SSSR count). The predicted molar refractivity (Wildman–Crippen MR) is 457 cm³/mol. The molecule has 12 heteroatoms. The Morgan fingerprint density at radius 1 is 0.143 bits per heavy atom. The lowest BCUT2D eigenvalue weighted by atomic mass is 9.95. The van der Waals surface area contributed by atoms with Gasteiger partial charge >= 0.3 is 0 Å². The van der Waals surface area contributed by atoms with E-state index < -0.39 is 0 Å². The Bertz CT molecular complexity index is 7860. The van der Waals surface area contributed by atoms with Crippen LogP contribution in [0.2, 0.25) is 0 Å². The summed E-state index contributed by atoms with van der Waals surface area (Å²) in [6.45, 7) is 0. The first kappa shape index (κ1) is 63.8. The molecule has 0 fully saturated rings. The molecular weight excluding hydrogens is 1370 g/mol. The minimum absolute atomic E-state index is 0.884. The molecule has 12 heterocycles. The Kier molecular flexibility index (Phi) is 15.0. The lowest BCUT2D eigenvalue weighted by Crippen LogP contribution is -1.92. The van der Waals surface area contributed by atoms with E-state index in [0.717, 1.165) is 231 Å². The molecule has 518 valence electrons. The molecule has 12 nitrogen and oxygen atoms in total. The molecule has 0 amide bonds. The fourth-order valence-electron chi connectivity index (χ4n) is 16.2. The summed E-state index contributed by atoms with van der Waals surface area (Å²) in [6, 6.07) is 108. The maximum absolute atomic E-state index is 5.20. The highest BCUT2D eigenvalue weighted by molar-refractivity contribution is 6.14. The number of benzene rings is 11. The van der Waals surface area contributed by atoms with Gasteiger partial charge in [0.25, 0.3) is 0 Å². The van der Waals surface area contributed by atoms with E-state index in [0.29, 0.717) is 0 Å². The van der Waals surface area contributed by atoms with Gasteiger partial charge in [-0.1, -0.05) is 182 Å². The molecule has 0 aliphatic rings. The topological polar surface area (TPSA) is 155 Å². The minimum Gasteiger partial charge on any atom is -0.254 e. The second kappa shape index (κ2) is 26.2. The van der Waals surface area contributed by atoms with Crippen molar-refractivity contribution in [3.63, 3.8) is 0 Å². The number of hydrogen-bond acceptors (Lipinski definition) is 12. The summed E-state index contributed by atoms with van der Waals surface area (Å²) < 4.78 is 0. The summed E-state index contributed by atoms with van der Waals surface area (Å²) in [5.41, 5.74) is 27.6. The van der Waals surface area contributed by atoms with E-state index in [1.54, 1.807) is 0 Å². The second-order valence-corrected chi connectivity index (χ2v) is 28.3. The zero-order valence-electron chi connectivity index (χ0n) is 59.9. The van der Waals surface area contributed by atoms with Crippen molar-refractivity contribution in [2.75, 3.05) is 0 Å². The summed E-state index contributed by atoms with van der Waals surface area (Å²) in [7, 11) is 0.